The molecule has 0 heterocycles. The molecule has 1 aliphatic carbocycles. The Morgan fingerprint density at radius 1 is 0.889 bits per heavy atom. The number of carbonyl (C=O) groups excluding carboxylic acids is 2. The van der Waals surface area contributed by atoms with Crippen molar-refractivity contribution in [3.05, 3.63) is 60.2 Å². The van der Waals surface area contributed by atoms with Crippen LogP contribution in [0.5, 0.6) is 11.5 Å². The number of urea groups is 1. The van der Waals surface area contributed by atoms with E-state index in [2.05, 4.69) is 10.6 Å². The molecule has 2 aromatic carbocycles. The molecule has 0 saturated heterocycles. The molecule has 1 fully saturated rings. The van der Waals surface area contributed by atoms with Crippen molar-refractivity contribution in [2.75, 3.05) is 0 Å². The number of nitrogens with one attached hydrogen (secondary N) is 2. The van der Waals surface area contributed by atoms with Crippen molar-refractivity contribution in [3.8, 4) is 11.5 Å². The number of hydrogen-bond acceptors (Lipinski definition) is 3. The lowest BCUT2D eigenvalue weighted by molar-refractivity contribution is -0.120. The van der Waals surface area contributed by atoms with Gasteiger partial charge < -0.3 is 10.1 Å². The van der Waals surface area contributed by atoms with Gasteiger partial charge in [-0.15, -0.1) is 0 Å². The van der Waals surface area contributed by atoms with Crippen molar-refractivity contribution in [1.29, 1.82) is 0 Å². The molecule has 0 bridgehead atoms. The summed E-state index contributed by atoms with van der Waals surface area (Å²) in [5.74, 6) is 1.28. The molecular weight excluding hydrogens is 340 g/mol. The second-order valence-electron chi connectivity index (χ2n) is 6.92. The van der Waals surface area contributed by atoms with E-state index in [1.807, 2.05) is 54.6 Å². The molecule has 0 atom stereocenters. The third-order valence-electron chi connectivity index (χ3n) is 4.74. The summed E-state index contributed by atoms with van der Waals surface area (Å²) in [6, 6.07) is 17.1. The highest BCUT2D eigenvalue weighted by Gasteiger charge is 2.16. The standard InChI is InChI=1S/C22H26N2O3/c25-21(24-22(26)23-18-7-3-1-4-8-18)16-13-17-11-14-20(15-12-17)27-19-9-5-2-6-10-19/h2,5-6,9-12,14-15,18H,1,3-4,7-8,13,16H2,(H2,23,24,25,26). The number of aryl methyl sites for hydroxylation is 1. The molecule has 5 nitrogen and oxygen atoms in total. The van der Waals surface area contributed by atoms with Gasteiger partial charge in [-0.2, -0.15) is 0 Å². The quantitative estimate of drug-likeness (QED) is 0.787. The van der Waals surface area contributed by atoms with Crippen LogP contribution in [0.1, 0.15) is 44.1 Å². The highest BCUT2D eigenvalue weighted by atomic mass is 16.5. The molecule has 2 N–H and O–H groups in total. The van der Waals surface area contributed by atoms with Crippen molar-refractivity contribution in [3.63, 3.8) is 0 Å². The van der Waals surface area contributed by atoms with Gasteiger partial charge in [0.15, 0.2) is 0 Å². The second-order valence-corrected chi connectivity index (χ2v) is 6.92. The molecule has 0 aliphatic heterocycles. The fourth-order valence-corrected chi connectivity index (χ4v) is 3.26. The van der Waals surface area contributed by atoms with E-state index in [0.29, 0.717) is 6.42 Å². The average Bonchev–Trinajstić information content (AvgIpc) is 2.69. The van der Waals surface area contributed by atoms with Gasteiger partial charge >= 0.3 is 6.03 Å². The molecule has 1 saturated carbocycles. The molecule has 0 spiro atoms. The van der Waals surface area contributed by atoms with Gasteiger partial charge in [0.25, 0.3) is 0 Å². The molecule has 5 heteroatoms. The molecule has 0 radical (unpaired) electrons. The number of para-hydroxylation sites is 1. The SMILES string of the molecule is O=C(CCc1ccc(Oc2ccccc2)cc1)NC(=O)NC1CCCCC1. The van der Waals surface area contributed by atoms with Crippen LogP contribution < -0.4 is 15.4 Å². The van der Waals surface area contributed by atoms with Gasteiger partial charge in [0, 0.05) is 12.5 Å². The number of rotatable bonds is 6. The number of carbonyl (C=O) groups is 2. The number of ether oxygens (including phenoxy) is 1. The highest BCUT2D eigenvalue weighted by molar-refractivity contribution is 5.94. The molecule has 0 aromatic heterocycles. The van der Waals surface area contributed by atoms with Gasteiger partial charge in [-0.1, -0.05) is 49.6 Å². The molecule has 3 amide bonds. The van der Waals surface area contributed by atoms with Crippen molar-refractivity contribution >= 4 is 11.9 Å². The Labute approximate surface area is 160 Å². The Morgan fingerprint density at radius 2 is 1.56 bits per heavy atom. The molecular formula is C22H26N2O3. The van der Waals surface area contributed by atoms with Crippen LogP contribution in [0.2, 0.25) is 0 Å². The van der Waals surface area contributed by atoms with E-state index in [9.17, 15) is 9.59 Å². The first-order valence-electron chi connectivity index (χ1n) is 9.61. The smallest absolute Gasteiger partial charge is 0.321 e. The van der Waals surface area contributed by atoms with Crippen LogP contribution in [0.4, 0.5) is 4.79 Å². The van der Waals surface area contributed by atoms with Crippen LogP contribution in [-0.4, -0.2) is 18.0 Å². The summed E-state index contributed by atoms with van der Waals surface area (Å²) >= 11 is 0. The third kappa shape index (κ3) is 6.44. The highest BCUT2D eigenvalue weighted by Crippen LogP contribution is 2.21. The van der Waals surface area contributed by atoms with Gasteiger partial charge in [0.1, 0.15) is 11.5 Å². The molecule has 2 aromatic rings. The predicted molar refractivity (Wildman–Crippen MR) is 105 cm³/mol. The first-order chi connectivity index (χ1) is 13.2. The Balaban J connectivity index is 1.40. The summed E-state index contributed by atoms with van der Waals surface area (Å²) in [5, 5.41) is 5.32. The summed E-state index contributed by atoms with van der Waals surface area (Å²) < 4.78 is 5.75. The lowest BCUT2D eigenvalue weighted by Gasteiger charge is -2.22. The van der Waals surface area contributed by atoms with Crippen LogP contribution in [0.25, 0.3) is 0 Å². The van der Waals surface area contributed by atoms with E-state index in [4.69, 9.17) is 4.74 Å². The maximum atomic E-state index is 12.0. The molecule has 27 heavy (non-hydrogen) atoms. The molecule has 0 unspecified atom stereocenters. The van der Waals surface area contributed by atoms with Crippen LogP contribution in [0, 0.1) is 0 Å². The van der Waals surface area contributed by atoms with E-state index in [0.717, 1.165) is 42.7 Å². The summed E-state index contributed by atoms with van der Waals surface area (Å²) in [6.45, 7) is 0. The van der Waals surface area contributed by atoms with Crippen molar-refractivity contribution in [2.45, 2.75) is 51.0 Å². The zero-order chi connectivity index (χ0) is 18.9. The largest absolute Gasteiger partial charge is 0.457 e. The van der Waals surface area contributed by atoms with E-state index in [1.54, 1.807) is 0 Å². The number of benzene rings is 2. The normalized spacial score (nSPS) is 14.4. The van der Waals surface area contributed by atoms with Crippen LogP contribution in [0.3, 0.4) is 0 Å². The predicted octanol–water partition coefficient (Wildman–Crippen LogP) is 4.57. The summed E-state index contributed by atoms with van der Waals surface area (Å²) in [7, 11) is 0. The minimum atomic E-state index is -0.376. The lowest BCUT2D eigenvalue weighted by Crippen LogP contribution is -2.45. The molecule has 3 rings (SSSR count). The minimum Gasteiger partial charge on any atom is -0.457 e. The maximum absolute atomic E-state index is 12.0. The maximum Gasteiger partial charge on any atom is 0.321 e. The Kier molecular flexibility index (Phi) is 6.85. The Bertz CT molecular complexity index is 738. The Hall–Kier alpha value is -2.82. The van der Waals surface area contributed by atoms with Gasteiger partial charge in [0.2, 0.25) is 5.91 Å². The Morgan fingerprint density at radius 3 is 2.26 bits per heavy atom. The van der Waals surface area contributed by atoms with Crippen LogP contribution in [0.15, 0.2) is 54.6 Å². The molecule has 142 valence electrons. The first kappa shape index (κ1) is 19.0. The van der Waals surface area contributed by atoms with Gasteiger partial charge in [0.05, 0.1) is 0 Å². The number of hydrogen-bond donors (Lipinski definition) is 2. The summed E-state index contributed by atoms with van der Waals surface area (Å²) in [5.41, 5.74) is 1.03. The van der Waals surface area contributed by atoms with E-state index < -0.39 is 0 Å². The monoisotopic (exact) mass is 366 g/mol. The second kappa shape index (κ2) is 9.76. The van der Waals surface area contributed by atoms with Gasteiger partial charge in [-0.3, -0.25) is 10.1 Å². The summed E-state index contributed by atoms with van der Waals surface area (Å²) in [4.78, 5) is 23.9. The van der Waals surface area contributed by atoms with Gasteiger partial charge in [-0.25, -0.2) is 4.79 Å². The molecule has 1 aliphatic rings. The van der Waals surface area contributed by atoms with Crippen molar-refractivity contribution < 1.29 is 14.3 Å². The minimum absolute atomic E-state index is 0.198. The fraction of sp³-hybridized carbons (Fsp3) is 0.364. The van der Waals surface area contributed by atoms with E-state index in [-0.39, 0.29) is 24.4 Å². The zero-order valence-corrected chi connectivity index (χ0v) is 15.4. The van der Waals surface area contributed by atoms with Crippen molar-refractivity contribution in [2.24, 2.45) is 0 Å². The zero-order valence-electron chi connectivity index (χ0n) is 15.4. The topological polar surface area (TPSA) is 67.4 Å². The summed E-state index contributed by atoms with van der Waals surface area (Å²) in [6.07, 6.45) is 6.36. The van der Waals surface area contributed by atoms with E-state index in [1.165, 1.54) is 6.42 Å². The van der Waals surface area contributed by atoms with Crippen LogP contribution in [-0.2, 0) is 11.2 Å². The lowest BCUT2D eigenvalue weighted by atomic mass is 9.96. The van der Waals surface area contributed by atoms with Crippen molar-refractivity contribution in [1.82, 2.24) is 10.6 Å². The van der Waals surface area contributed by atoms with Gasteiger partial charge in [-0.05, 0) is 49.1 Å². The first-order valence-corrected chi connectivity index (χ1v) is 9.61. The fourth-order valence-electron chi connectivity index (χ4n) is 3.26. The number of imide groups is 1. The third-order valence-corrected chi connectivity index (χ3v) is 4.74. The average molecular weight is 366 g/mol. The van der Waals surface area contributed by atoms with Crippen LogP contribution >= 0.6 is 0 Å². The number of amides is 3. The van der Waals surface area contributed by atoms with E-state index >= 15 is 0 Å².